The molecule has 3 aromatic rings. The fourth-order valence-electron chi connectivity index (χ4n) is 5.00. The van der Waals surface area contributed by atoms with Gasteiger partial charge in [-0.15, -0.1) is 0 Å². The fourth-order valence-corrected chi connectivity index (χ4v) is 5.26. The smallest absolute Gasteiger partial charge is 0.118 e. The van der Waals surface area contributed by atoms with Crippen molar-refractivity contribution in [1.82, 2.24) is 14.7 Å². The van der Waals surface area contributed by atoms with Crippen LogP contribution in [0.5, 0.6) is 5.75 Å². The van der Waals surface area contributed by atoms with E-state index in [4.69, 9.17) is 21.4 Å². The molecule has 1 aliphatic heterocycles. The number of hydrogen-bond acceptors (Lipinski definition) is 4. The molecule has 2 aliphatic rings. The summed E-state index contributed by atoms with van der Waals surface area (Å²) in [6.45, 7) is 4.26. The maximum atomic E-state index is 6.40. The van der Waals surface area contributed by atoms with Crippen LogP contribution in [0.25, 0.3) is 11.3 Å². The van der Waals surface area contributed by atoms with Crippen molar-refractivity contribution in [3.63, 3.8) is 0 Å². The molecule has 0 spiro atoms. The van der Waals surface area contributed by atoms with Gasteiger partial charge in [0.05, 0.1) is 29.6 Å². The van der Waals surface area contributed by atoms with Gasteiger partial charge in [-0.25, -0.2) is 0 Å². The number of aromatic nitrogens is 2. The molecule has 5 rings (SSSR count). The van der Waals surface area contributed by atoms with Gasteiger partial charge in [-0.05, 0) is 61.7 Å². The molecule has 0 bridgehead atoms. The summed E-state index contributed by atoms with van der Waals surface area (Å²) in [5, 5.41) is 5.74. The zero-order valence-electron chi connectivity index (χ0n) is 18.0. The van der Waals surface area contributed by atoms with Crippen molar-refractivity contribution in [3.05, 3.63) is 65.8 Å². The Bertz CT molecular complexity index is 1010. The number of para-hydroxylation sites is 1. The van der Waals surface area contributed by atoms with E-state index in [-0.39, 0.29) is 0 Å². The minimum atomic E-state index is 0.485. The summed E-state index contributed by atoms with van der Waals surface area (Å²) in [7, 11) is 1.69. The van der Waals surface area contributed by atoms with E-state index in [2.05, 4.69) is 51.0 Å². The zero-order valence-corrected chi connectivity index (χ0v) is 18.7. The van der Waals surface area contributed by atoms with Crippen LogP contribution in [-0.2, 0) is 0 Å². The van der Waals surface area contributed by atoms with Crippen LogP contribution in [0.1, 0.15) is 25.3 Å². The van der Waals surface area contributed by atoms with E-state index in [0.717, 1.165) is 53.9 Å². The maximum absolute atomic E-state index is 6.40. The van der Waals surface area contributed by atoms with E-state index in [1.807, 2.05) is 24.3 Å². The molecule has 5 nitrogen and oxygen atoms in total. The van der Waals surface area contributed by atoms with Crippen molar-refractivity contribution < 1.29 is 4.74 Å². The third-order valence-electron chi connectivity index (χ3n) is 6.77. The normalized spacial score (nSPS) is 22.1. The summed E-state index contributed by atoms with van der Waals surface area (Å²) in [6, 6.07) is 19.5. The molecule has 162 valence electrons. The Morgan fingerprint density at radius 3 is 2.39 bits per heavy atom. The number of rotatable bonds is 5. The van der Waals surface area contributed by atoms with Gasteiger partial charge in [0.2, 0.25) is 0 Å². The quantitative estimate of drug-likeness (QED) is 0.555. The first kappa shape index (κ1) is 20.4. The van der Waals surface area contributed by atoms with Crippen LogP contribution in [-0.4, -0.2) is 54.0 Å². The molecule has 0 radical (unpaired) electrons. The van der Waals surface area contributed by atoms with Crippen LogP contribution < -0.4 is 9.64 Å². The van der Waals surface area contributed by atoms with Crippen molar-refractivity contribution in [3.8, 4) is 17.0 Å². The first-order valence-electron chi connectivity index (χ1n) is 11.1. The number of methoxy groups -OCH3 is 1. The van der Waals surface area contributed by atoms with E-state index >= 15 is 0 Å². The predicted octanol–water partition coefficient (Wildman–Crippen LogP) is 5.13. The average molecular weight is 437 g/mol. The van der Waals surface area contributed by atoms with Crippen LogP contribution >= 0.6 is 11.6 Å². The minimum Gasteiger partial charge on any atom is -0.497 e. The summed E-state index contributed by atoms with van der Waals surface area (Å²) in [6.07, 6.45) is 5.76. The molecule has 1 saturated heterocycles. The van der Waals surface area contributed by atoms with Gasteiger partial charge < -0.3 is 9.64 Å². The highest BCUT2D eigenvalue weighted by Gasteiger charge is 2.32. The van der Waals surface area contributed by atoms with Gasteiger partial charge in [0, 0.05) is 44.0 Å². The number of nitrogens with zero attached hydrogens (tertiary/aromatic N) is 4. The highest BCUT2D eigenvalue weighted by atomic mass is 35.5. The molecule has 1 aromatic heterocycles. The second kappa shape index (κ2) is 8.93. The number of piperazine rings is 1. The van der Waals surface area contributed by atoms with Crippen LogP contribution in [0.2, 0.25) is 5.02 Å². The van der Waals surface area contributed by atoms with Crippen molar-refractivity contribution in [2.24, 2.45) is 0 Å². The maximum Gasteiger partial charge on any atom is 0.118 e. The molecular weight excluding hydrogens is 408 g/mol. The van der Waals surface area contributed by atoms with Crippen LogP contribution in [0.15, 0.2) is 60.8 Å². The van der Waals surface area contributed by atoms with Crippen LogP contribution in [0.3, 0.4) is 0 Å². The zero-order chi connectivity index (χ0) is 21.2. The molecule has 31 heavy (non-hydrogen) atoms. The highest BCUT2D eigenvalue weighted by Crippen LogP contribution is 2.35. The first-order chi connectivity index (χ1) is 15.2. The molecule has 1 saturated carbocycles. The van der Waals surface area contributed by atoms with Gasteiger partial charge in [-0.1, -0.05) is 23.7 Å². The molecule has 1 aliphatic carbocycles. The van der Waals surface area contributed by atoms with E-state index in [1.165, 1.54) is 19.3 Å². The van der Waals surface area contributed by atoms with Gasteiger partial charge in [0.15, 0.2) is 0 Å². The summed E-state index contributed by atoms with van der Waals surface area (Å²) < 4.78 is 7.44. The molecule has 6 heteroatoms. The SMILES string of the molecule is COc1ccc(-c2ccn([C@H]3CC[C@H](N4CCN(c5ccccc5Cl)CC4)C3)n2)cc1. The Labute approximate surface area is 189 Å². The lowest BCUT2D eigenvalue weighted by Crippen LogP contribution is -2.49. The summed E-state index contributed by atoms with van der Waals surface area (Å²) in [4.78, 5) is 5.08. The van der Waals surface area contributed by atoms with Crippen molar-refractivity contribution in [1.29, 1.82) is 0 Å². The van der Waals surface area contributed by atoms with Crippen molar-refractivity contribution >= 4 is 17.3 Å². The summed E-state index contributed by atoms with van der Waals surface area (Å²) in [5.41, 5.74) is 3.32. The molecule has 0 unspecified atom stereocenters. The van der Waals surface area contributed by atoms with Gasteiger partial charge in [-0.3, -0.25) is 9.58 Å². The lowest BCUT2D eigenvalue weighted by Gasteiger charge is -2.39. The second-order valence-corrected chi connectivity index (χ2v) is 8.91. The molecular formula is C25H29ClN4O. The molecule has 0 N–H and O–H groups in total. The van der Waals surface area contributed by atoms with Gasteiger partial charge in [0.1, 0.15) is 5.75 Å². The number of halogens is 1. The lowest BCUT2D eigenvalue weighted by atomic mass is 10.1. The topological polar surface area (TPSA) is 33.5 Å². The third-order valence-corrected chi connectivity index (χ3v) is 7.09. The fraction of sp³-hybridized carbons (Fsp3) is 0.400. The molecule has 2 atom stereocenters. The number of anilines is 1. The highest BCUT2D eigenvalue weighted by molar-refractivity contribution is 6.33. The van der Waals surface area contributed by atoms with E-state index in [0.29, 0.717) is 12.1 Å². The Morgan fingerprint density at radius 1 is 0.903 bits per heavy atom. The molecule has 2 fully saturated rings. The molecule has 2 aromatic carbocycles. The molecule has 0 amide bonds. The largest absolute Gasteiger partial charge is 0.497 e. The third kappa shape index (κ3) is 4.30. The average Bonchev–Trinajstić information content (AvgIpc) is 3.50. The van der Waals surface area contributed by atoms with Crippen molar-refractivity contribution in [2.45, 2.75) is 31.3 Å². The molecule has 2 heterocycles. The van der Waals surface area contributed by atoms with E-state index in [1.54, 1.807) is 7.11 Å². The van der Waals surface area contributed by atoms with Gasteiger partial charge >= 0.3 is 0 Å². The standard InChI is InChI=1S/C25H29ClN4O/c1-31-22-10-6-19(7-11-22)24-12-13-30(27-24)21-9-8-20(18-21)28-14-16-29(17-15-28)25-5-3-2-4-23(25)26/h2-7,10-13,20-21H,8-9,14-18H2,1H3/t20-,21-/m0/s1. The van der Waals surface area contributed by atoms with E-state index in [9.17, 15) is 0 Å². The number of ether oxygens (including phenoxy) is 1. The second-order valence-electron chi connectivity index (χ2n) is 8.50. The monoisotopic (exact) mass is 436 g/mol. The Morgan fingerprint density at radius 2 is 1.65 bits per heavy atom. The summed E-state index contributed by atoms with van der Waals surface area (Å²) in [5.74, 6) is 0.872. The van der Waals surface area contributed by atoms with Crippen LogP contribution in [0, 0.1) is 0 Å². The minimum absolute atomic E-state index is 0.485. The Balaban J connectivity index is 1.18. The van der Waals surface area contributed by atoms with Gasteiger partial charge in [0.25, 0.3) is 0 Å². The lowest BCUT2D eigenvalue weighted by molar-refractivity contribution is 0.183. The first-order valence-corrected chi connectivity index (χ1v) is 11.5. The Hall–Kier alpha value is -2.50. The summed E-state index contributed by atoms with van der Waals surface area (Å²) >= 11 is 6.40. The Kier molecular flexibility index (Phi) is 5.88. The predicted molar refractivity (Wildman–Crippen MR) is 126 cm³/mol. The van der Waals surface area contributed by atoms with Crippen LogP contribution in [0.4, 0.5) is 5.69 Å². The van der Waals surface area contributed by atoms with Crippen molar-refractivity contribution in [2.75, 3.05) is 38.2 Å². The van der Waals surface area contributed by atoms with Gasteiger partial charge in [-0.2, -0.15) is 5.10 Å². The number of benzene rings is 2. The number of hydrogen-bond donors (Lipinski definition) is 0. The van der Waals surface area contributed by atoms with E-state index < -0.39 is 0 Å².